The molecule has 1 aliphatic rings. The first-order valence-corrected chi connectivity index (χ1v) is 11.4. The van der Waals surface area contributed by atoms with Gasteiger partial charge in [0, 0.05) is 12.6 Å². The van der Waals surface area contributed by atoms with E-state index in [1.165, 1.54) is 0 Å². The second-order valence-corrected chi connectivity index (χ2v) is 8.80. The minimum absolute atomic E-state index is 0.158. The van der Waals surface area contributed by atoms with Gasteiger partial charge in [0.25, 0.3) is 10.9 Å². The fourth-order valence-electron chi connectivity index (χ4n) is 4.81. The number of anilines is 1. The van der Waals surface area contributed by atoms with Gasteiger partial charge in [-0.1, -0.05) is 43.7 Å². The van der Waals surface area contributed by atoms with Crippen LogP contribution in [0, 0.1) is 11.3 Å². The van der Waals surface area contributed by atoms with E-state index in [1.54, 1.807) is 12.1 Å². The number of carbonyl (C=O) groups is 2. The smallest absolute Gasteiger partial charge is 0.309 e. The first-order valence-electron chi connectivity index (χ1n) is 11.4. The van der Waals surface area contributed by atoms with E-state index in [1.807, 2.05) is 49.4 Å². The first kappa shape index (κ1) is 24.0. The van der Waals surface area contributed by atoms with Crippen LogP contribution in [0.25, 0.3) is 0 Å². The summed E-state index contributed by atoms with van der Waals surface area (Å²) < 4.78 is 5.77. The van der Waals surface area contributed by atoms with Gasteiger partial charge in [-0.2, -0.15) is 0 Å². The minimum Gasteiger partial charge on any atom is -0.502 e. The fraction of sp³-hybridized carbons (Fsp3) is 0.308. The monoisotopic (exact) mass is 478 g/mol. The number of benzene rings is 2. The van der Waals surface area contributed by atoms with Crippen LogP contribution in [-0.2, 0) is 16.1 Å². The van der Waals surface area contributed by atoms with Crippen molar-refractivity contribution in [1.29, 1.82) is 0 Å². The quantitative estimate of drug-likeness (QED) is 0.326. The summed E-state index contributed by atoms with van der Waals surface area (Å²) in [5, 5.41) is 25.0. The number of para-hydroxylation sites is 1. The van der Waals surface area contributed by atoms with Crippen molar-refractivity contribution in [2.24, 2.45) is 11.3 Å². The Hall–Kier alpha value is -4.14. The van der Waals surface area contributed by atoms with Crippen LogP contribution in [0.2, 0.25) is 0 Å². The van der Waals surface area contributed by atoms with E-state index in [0.717, 1.165) is 5.56 Å². The summed E-state index contributed by atoms with van der Waals surface area (Å²) in [7, 11) is 0. The van der Waals surface area contributed by atoms with Crippen LogP contribution in [-0.4, -0.2) is 28.1 Å². The number of amides is 1. The van der Waals surface area contributed by atoms with Crippen molar-refractivity contribution in [2.45, 2.75) is 38.8 Å². The molecule has 4 rings (SSSR count). The van der Waals surface area contributed by atoms with Crippen molar-refractivity contribution in [2.75, 3.05) is 5.32 Å². The zero-order chi connectivity index (χ0) is 25.2. The standard InChI is InChI=1S/C26H26N2O7/c1-2-12-26(13-18(19(26)24(32)33)28-20-21(29)23(31)22(20)30)25(34)27-14-15-8-10-17(11-9-15)35-16-6-4-3-5-7-16/h3-11,18-19,28-29H,2,12-14H2,1H3,(H,27,34)(H,32,33). The van der Waals surface area contributed by atoms with Crippen molar-refractivity contribution < 1.29 is 24.5 Å². The lowest BCUT2D eigenvalue weighted by Gasteiger charge is -2.52. The molecule has 35 heavy (non-hydrogen) atoms. The molecule has 4 N–H and O–H groups in total. The van der Waals surface area contributed by atoms with Gasteiger partial charge in [0.05, 0.1) is 11.3 Å². The Morgan fingerprint density at radius 3 is 2.29 bits per heavy atom. The minimum atomic E-state index is -1.18. The third-order valence-corrected chi connectivity index (χ3v) is 6.57. The lowest BCUT2D eigenvalue weighted by atomic mass is 9.54. The molecule has 0 spiro atoms. The highest BCUT2D eigenvalue weighted by molar-refractivity contribution is 5.91. The number of carbonyl (C=O) groups excluding carboxylic acids is 1. The molecule has 0 aliphatic heterocycles. The van der Waals surface area contributed by atoms with E-state index in [4.69, 9.17) is 4.74 Å². The molecule has 1 saturated carbocycles. The molecule has 0 heterocycles. The Morgan fingerprint density at radius 2 is 1.69 bits per heavy atom. The Kier molecular flexibility index (Phi) is 6.59. The number of carboxylic acids is 1. The molecule has 1 amide bonds. The fourth-order valence-corrected chi connectivity index (χ4v) is 4.81. The number of aliphatic carboxylic acids is 1. The number of ether oxygens (including phenoxy) is 1. The second-order valence-electron chi connectivity index (χ2n) is 8.80. The molecule has 3 unspecified atom stereocenters. The van der Waals surface area contributed by atoms with Gasteiger partial charge in [0.1, 0.15) is 17.2 Å². The van der Waals surface area contributed by atoms with Crippen LogP contribution >= 0.6 is 0 Å². The molecule has 3 aromatic rings. The summed E-state index contributed by atoms with van der Waals surface area (Å²) in [4.78, 5) is 48.2. The van der Waals surface area contributed by atoms with Crippen molar-refractivity contribution in [3.63, 3.8) is 0 Å². The van der Waals surface area contributed by atoms with E-state index >= 15 is 0 Å². The van der Waals surface area contributed by atoms with E-state index < -0.39 is 40.0 Å². The van der Waals surface area contributed by atoms with Gasteiger partial charge < -0.3 is 25.6 Å². The summed E-state index contributed by atoms with van der Waals surface area (Å²) in [5.74, 6) is -2.03. The Balaban J connectivity index is 1.42. The number of carboxylic acid groups (broad SMARTS) is 1. The van der Waals surface area contributed by atoms with Gasteiger partial charge in [-0.3, -0.25) is 19.2 Å². The summed E-state index contributed by atoms with van der Waals surface area (Å²) >= 11 is 0. The SMILES string of the molecule is CCCC1(C(=O)NCc2ccc(Oc3ccccc3)cc2)CC(Nc2c(O)c(=O)c2=O)C1C(=O)O. The molecular formula is C26H26N2O7. The van der Waals surface area contributed by atoms with Gasteiger partial charge in [0.2, 0.25) is 5.91 Å². The molecule has 0 bridgehead atoms. The van der Waals surface area contributed by atoms with Crippen molar-refractivity contribution in [3.05, 3.63) is 80.6 Å². The van der Waals surface area contributed by atoms with Gasteiger partial charge in [-0.15, -0.1) is 0 Å². The molecule has 1 aliphatic carbocycles. The molecule has 1 fully saturated rings. The second kappa shape index (κ2) is 9.61. The van der Waals surface area contributed by atoms with E-state index in [-0.39, 0.29) is 24.6 Å². The van der Waals surface area contributed by atoms with Gasteiger partial charge in [-0.25, -0.2) is 0 Å². The molecule has 9 nitrogen and oxygen atoms in total. The molecule has 182 valence electrons. The Morgan fingerprint density at radius 1 is 1.03 bits per heavy atom. The Labute approximate surface area is 201 Å². The lowest BCUT2D eigenvalue weighted by molar-refractivity contribution is -0.165. The normalized spacial score (nSPS) is 21.2. The maximum atomic E-state index is 13.2. The lowest BCUT2D eigenvalue weighted by Crippen LogP contribution is -2.64. The number of hydrogen-bond donors (Lipinski definition) is 4. The predicted molar refractivity (Wildman–Crippen MR) is 128 cm³/mol. The van der Waals surface area contributed by atoms with Crippen LogP contribution in [0.3, 0.4) is 0 Å². The van der Waals surface area contributed by atoms with Crippen molar-refractivity contribution >= 4 is 17.6 Å². The molecular weight excluding hydrogens is 452 g/mol. The highest BCUT2D eigenvalue weighted by atomic mass is 16.5. The molecule has 3 atom stereocenters. The molecule has 0 aromatic heterocycles. The van der Waals surface area contributed by atoms with Crippen LogP contribution in [0.5, 0.6) is 17.2 Å². The molecule has 3 aromatic carbocycles. The van der Waals surface area contributed by atoms with E-state index in [2.05, 4.69) is 10.6 Å². The first-order chi connectivity index (χ1) is 16.8. The van der Waals surface area contributed by atoms with Crippen LogP contribution < -0.4 is 26.2 Å². The van der Waals surface area contributed by atoms with E-state index in [0.29, 0.717) is 24.3 Å². The third kappa shape index (κ3) is 4.49. The average molecular weight is 479 g/mol. The maximum Gasteiger partial charge on any atom is 0.309 e. The summed E-state index contributed by atoms with van der Waals surface area (Å²) in [6.45, 7) is 2.07. The summed E-state index contributed by atoms with van der Waals surface area (Å²) in [5.41, 5.74) is -2.52. The van der Waals surface area contributed by atoms with Crippen LogP contribution in [0.15, 0.2) is 64.2 Å². The highest BCUT2D eigenvalue weighted by Gasteiger charge is 2.61. The zero-order valence-corrected chi connectivity index (χ0v) is 19.1. The summed E-state index contributed by atoms with van der Waals surface area (Å²) in [6, 6.07) is 15.8. The predicted octanol–water partition coefficient (Wildman–Crippen LogP) is 2.77. The molecule has 9 heteroatoms. The maximum absolute atomic E-state index is 13.2. The van der Waals surface area contributed by atoms with Gasteiger partial charge in [0.15, 0.2) is 5.75 Å². The number of rotatable bonds is 10. The Bertz CT molecular complexity index is 1300. The number of hydrogen-bond acceptors (Lipinski definition) is 7. The van der Waals surface area contributed by atoms with Crippen LogP contribution in [0.1, 0.15) is 31.7 Å². The van der Waals surface area contributed by atoms with Crippen molar-refractivity contribution in [3.8, 4) is 17.2 Å². The zero-order valence-electron chi connectivity index (χ0n) is 19.1. The van der Waals surface area contributed by atoms with Gasteiger partial charge in [-0.05, 0) is 42.7 Å². The topological polar surface area (TPSA) is 142 Å². The van der Waals surface area contributed by atoms with Crippen LogP contribution in [0.4, 0.5) is 5.69 Å². The summed E-state index contributed by atoms with van der Waals surface area (Å²) in [6.07, 6.45) is 1.09. The largest absolute Gasteiger partial charge is 0.502 e. The highest BCUT2D eigenvalue weighted by Crippen LogP contribution is 2.52. The van der Waals surface area contributed by atoms with E-state index in [9.17, 15) is 29.4 Å². The van der Waals surface area contributed by atoms with Gasteiger partial charge >= 0.3 is 5.97 Å². The molecule has 0 saturated heterocycles. The number of aromatic hydroxyl groups is 1. The number of nitrogens with one attached hydrogen (secondary N) is 2. The molecule has 0 radical (unpaired) electrons. The van der Waals surface area contributed by atoms with Crippen molar-refractivity contribution in [1.82, 2.24) is 5.32 Å². The third-order valence-electron chi connectivity index (χ3n) is 6.57. The average Bonchev–Trinajstić information content (AvgIpc) is 2.84.